The summed E-state index contributed by atoms with van der Waals surface area (Å²) >= 11 is 0. The number of hydrogen-bond donors (Lipinski definition) is 2. The molecule has 186 valence electrons. The molecule has 3 unspecified atom stereocenters. The first kappa shape index (κ1) is 24.6. The Bertz CT molecular complexity index is 1090. The average Bonchev–Trinajstić information content (AvgIpc) is 3.61. The molecular formula is C25H29F2N5O3. The van der Waals surface area contributed by atoms with E-state index in [1.165, 1.54) is 19.0 Å². The minimum Gasteiger partial charge on any atom is -0.342 e. The van der Waals surface area contributed by atoms with E-state index in [9.17, 15) is 23.2 Å². The van der Waals surface area contributed by atoms with E-state index in [2.05, 4.69) is 15.6 Å². The predicted octanol–water partition coefficient (Wildman–Crippen LogP) is 2.51. The molecule has 8 nitrogen and oxygen atoms in total. The molecule has 0 bridgehead atoms. The number of aromatic nitrogens is 1. The summed E-state index contributed by atoms with van der Waals surface area (Å²) in [6.45, 7) is -0.598. The van der Waals surface area contributed by atoms with Gasteiger partial charge in [-0.05, 0) is 30.4 Å². The fourth-order valence-electron chi connectivity index (χ4n) is 4.25. The van der Waals surface area contributed by atoms with Crippen molar-refractivity contribution in [1.29, 1.82) is 0 Å². The average molecular weight is 486 g/mol. The van der Waals surface area contributed by atoms with Crippen LogP contribution >= 0.6 is 0 Å². The van der Waals surface area contributed by atoms with Crippen molar-refractivity contribution in [2.24, 2.45) is 0 Å². The highest BCUT2D eigenvalue weighted by molar-refractivity contribution is 5.91. The molecule has 4 rings (SSSR count). The number of carbonyl (C=O) groups is 3. The third kappa shape index (κ3) is 5.75. The van der Waals surface area contributed by atoms with Gasteiger partial charge in [0.25, 0.3) is 0 Å². The molecule has 1 aliphatic heterocycles. The first-order chi connectivity index (χ1) is 16.7. The summed E-state index contributed by atoms with van der Waals surface area (Å²) in [7, 11) is 3.06. The van der Waals surface area contributed by atoms with Gasteiger partial charge in [0.05, 0.1) is 24.8 Å². The fourth-order valence-corrected chi connectivity index (χ4v) is 4.25. The summed E-state index contributed by atoms with van der Waals surface area (Å²) < 4.78 is 29.0. The number of rotatable bonds is 7. The largest absolute Gasteiger partial charge is 0.342 e. The van der Waals surface area contributed by atoms with Crippen molar-refractivity contribution in [3.8, 4) is 0 Å². The SMILES string of the molecule is CN(C)C(=O)NCC(=O)N1CC(F)CC1C(=O)NC(c1ccccc1)c1ccc(C2CC2)c(F)n1. The van der Waals surface area contributed by atoms with Gasteiger partial charge in [-0.25, -0.2) is 14.2 Å². The molecule has 1 aliphatic carbocycles. The summed E-state index contributed by atoms with van der Waals surface area (Å²) in [4.78, 5) is 44.3. The van der Waals surface area contributed by atoms with Crippen molar-refractivity contribution < 1.29 is 23.2 Å². The highest BCUT2D eigenvalue weighted by Gasteiger charge is 2.40. The van der Waals surface area contributed by atoms with Crippen LogP contribution in [0.3, 0.4) is 0 Å². The van der Waals surface area contributed by atoms with Crippen molar-refractivity contribution in [3.05, 3.63) is 65.2 Å². The Morgan fingerprint density at radius 3 is 2.49 bits per heavy atom. The van der Waals surface area contributed by atoms with Gasteiger partial charge in [0, 0.05) is 26.1 Å². The zero-order valence-electron chi connectivity index (χ0n) is 19.7. The normalized spacial score (nSPS) is 20.3. The van der Waals surface area contributed by atoms with E-state index in [1.807, 2.05) is 6.07 Å². The maximum Gasteiger partial charge on any atom is 0.317 e. The predicted molar refractivity (Wildman–Crippen MR) is 125 cm³/mol. The van der Waals surface area contributed by atoms with Crippen molar-refractivity contribution in [1.82, 2.24) is 25.4 Å². The summed E-state index contributed by atoms with van der Waals surface area (Å²) in [5.41, 5.74) is 1.56. The number of hydrogen-bond acceptors (Lipinski definition) is 4. The first-order valence-corrected chi connectivity index (χ1v) is 11.6. The topological polar surface area (TPSA) is 94.6 Å². The van der Waals surface area contributed by atoms with Crippen LogP contribution in [-0.2, 0) is 9.59 Å². The van der Waals surface area contributed by atoms with Crippen LogP contribution in [0.25, 0.3) is 0 Å². The fraction of sp³-hybridized carbons (Fsp3) is 0.440. The Balaban J connectivity index is 1.53. The third-order valence-electron chi connectivity index (χ3n) is 6.30. The smallest absolute Gasteiger partial charge is 0.317 e. The maximum absolute atomic E-state index is 14.7. The molecule has 1 saturated heterocycles. The number of benzene rings is 1. The molecular weight excluding hydrogens is 456 g/mol. The lowest BCUT2D eigenvalue weighted by Gasteiger charge is -2.27. The molecule has 3 atom stereocenters. The quantitative estimate of drug-likeness (QED) is 0.590. The molecule has 1 aromatic heterocycles. The minimum absolute atomic E-state index is 0.164. The van der Waals surface area contributed by atoms with Crippen LogP contribution in [0.5, 0.6) is 0 Å². The van der Waals surface area contributed by atoms with E-state index in [-0.39, 0.29) is 25.4 Å². The van der Waals surface area contributed by atoms with Gasteiger partial charge in [0.15, 0.2) is 0 Å². The number of nitrogens with zero attached hydrogens (tertiary/aromatic N) is 3. The molecule has 35 heavy (non-hydrogen) atoms. The van der Waals surface area contributed by atoms with Crippen LogP contribution in [-0.4, -0.2) is 72.0 Å². The molecule has 10 heteroatoms. The lowest BCUT2D eigenvalue weighted by atomic mass is 10.0. The number of halogens is 2. The number of nitrogens with one attached hydrogen (secondary N) is 2. The molecule has 2 N–H and O–H groups in total. The maximum atomic E-state index is 14.7. The van der Waals surface area contributed by atoms with Crippen molar-refractivity contribution >= 4 is 17.8 Å². The Labute approximate surface area is 202 Å². The first-order valence-electron chi connectivity index (χ1n) is 11.6. The molecule has 4 amide bonds. The van der Waals surface area contributed by atoms with Gasteiger partial charge in [-0.2, -0.15) is 4.39 Å². The monoisotopic (exact) mass is 485 g/mol. The van der Waals surface area contributed by atoms with Gasteiger partial charge in [-0.15, -0.1) is 0 Å². The van der Waals surface area contributed by atoms with Gasteiger partial charge < -0.3 is 20.4 Å². The number of amides is 4. The van der Waals surface area contributed by atoms with E-state index in [4.69, 9.17) is 0 Å². The Morgan fingerprint density at radius 2 is 1.86 bits per heavy atom. The van der Waals surface area contributed by atoms with Crippen LogP contribution in [0.15, 0.2) is 42.5 Å². The summed E-state index contributed by atoms with van der Waals surface area (Å²) in [5, 5.41) is 5.29. The van der Waals surface area contributed by atoms with E-state index in [1.54, 1.807) is 36.4 Å². The van der Waals surface area contributed by atoms with Gasteiger partial charge >= 0.3 is 6.03 Å². The van der Waals surface area contributed by atoms with E-state index in [0.717, 1.165) is 17.7 Å². The Hall–Kier alpha value is -3.56. The van der Waals surface area contributed by atoms with Gasteiger partial charge in [-0.1, -0.05) is 36.4 Å². The second-order valence-electron chi connectivity index (χ2n) is 9.19. The second-order valence-corrected chi connectivity index (χ2v) is 9.19. The highest BCUT2D eigenvalue weighted by Crippen LogP contribution is 2.41. The highest BCUT2D eigenvalue weighted by atomic mass is 19.1. The van der Waals surface area contributed by atoms with E-state index in [0.29, 0.717) is 16.8 Å². The summed E-state index contributed by atoms with van der Waals surface area (Å²) in [6.07, 6.45) is 0.329. The van der Waals surface area contributed by atoms with Crippen molar-refractivity contribution in [2.45, 2.75) is 43.4 Å². The standard InChI is InChI=1S/C25H29F2N5O3/c1-31(2)25(35)28-13-21(33)32-14-17(26)12-20(32)24(34)30-22(16-6-4-3-5-7-16)19-11-10-18(15-8-9-15)23(27)29-19/h3-7,10-11,15,17,20,22H,8-9,12-14H2,1-2H3,(H,28,35)(H,30,34). The zero-order chi connectivity index (χ0) is 25.1. The number of likely N-dealkylation sites (tertiary alicyclic amines) is 1. The van der Waals surface area contributed by atoms with Gasteiger partial charge in [0.2, 0.25) is 17.8 Å². The lowest BCUT2D eigenvalue weighted by molar-refractivity contribution is -0.137. The molecule has 2 heterocycles. The van der Waals surface area contributed by atoms with Gasteiger partial charge in [0.1, 0.15) is 12.2 Å². The van der Waals surface area contributed by atoms with E-state index >= 15 is 0 Å². The minimum atomic E-state index is -1.37. The summed E-state index contributed by atoms with van der Waals surface area (Å²) in [6, 6.07) is 10.1. The molecule has 2 aromatic rings. The third-order valence-corrected chi connectivity index (χ3v) is 6.30. The van der Waals surface area contributed by atoms with Crippen LogP contribution < -0.4 is 10.6 Å². The zero-order valence-corrected chi connectivity index (χ0v) is 19.7. The van der Waals surface area contributed by atoms with Crippen LogP contribution in [0.1, 0.15) is 48.0 Å². The number of pyridine rings is 1. The number of alkyl halides is 1. The molecule has 1 aromatic carbocycles. The van der Waals surface area contributed by atoms with Gasteiger partial charge in [-0.3, -0.25) is 9.59 Å². The van der Waals surface area contributed by atoms with E-state index < -0.39 is 42.0 Å². The van der Waals surface area contributed by atoms with Crippen molar-refractivity contribution in [2.75, 3.05) is 27.2 Å². The Morgan fingerprint density at radius 1 is 1.14 bits per heavy atom. The summed E-state index contributed by atoms with van der Waals surface area (Å²) in [5.74, 6) is -1.50. The molecule has 2 fully saturated rings. The van der Waals surface area contributed by atoms with Crippen molar-refractivity contribution in [3.63, 3.8) is 0 Å². The van der Waals surface area contributed by atoms with Crippen LogP contribution in [0.2, 0.25) is 0 Å². The number of urea groups is 1. The van der Waals surface area contributed by atoms with Crippen LogP contribution in [0.4, 0.5) is 13.6 Å². The molecule has 0 spiro atoms. The molecule has 2 aliphatic rings. The second kappa shape index (κ2) is 10.4. The molecule has 0 radical (unpaired) electrons. The Kier molecular flexibility index (Phi) is 7.28. The lowest BCUT2D eigenvalue weighted by Crippen LogP contribution is -2.50. The molecule has 1 saturated carbocycles. The van der Waals surface area contributed by atoms with Crippen LogP contribution in [0, 0.1) is 5.95 Å². The number of carbonyl (C=O) groups excluding carboxylic acids is 3.